The molecule has 3 aliphatic carbocycles. The minimum absolute atomic E-state index is 0.238. The van der Waals surface area contributed by atoms with Gasteiger partial charge < -0.3 is 9.47 Å². The third-order valence-electron chi connectivity index (χ3n) is 6.99. The Morgan fingerprint density at radius 3 is 2.41 bits per heavy atom. The molecule has 3 aliphatic heterocycles. The maximum Gasteiger partial charge on any atom is 0.0675 e. The fraction of sp³-hybridized carbons (Fsp3) is 0.500. The highest BCUT2D eigenvalue weighted by Crippen LogP contribution is 2.66. The van der Waals surface area contributed by atoms with Gasteiger partial charge in [0.1, 0.15) is 0 Å². The lowest BCUT2D eigenvalue weighted by Gasteiger charge is -2.69. The predicted molar refractivity (Wildman–Crippen MR) is 90.4 cm³/mol. The molecule has 6 aliphatic rings. The van der Waals surface area contributed by atoms with Crippen molar-refractivity contribution in [2.45, 2.75) is 56.5 Å². The van der Waals surface area contributed by atoms with Crippen molar-refractivity contribution in [1.82, 2.24) is 4.57 Å². The molecule has 1 saturated carbocycles. The molecule has 3 fully saturated rings. The van der Waals surface area contributed by atoms with E-state index in [1.54, 1.807) is 11.1 Å². The van der Waals surface area contributed by atoms with Crippen molar-refractivity contribution in [3.63, 3.8) is 0 Å². The quantitative estimate of drug-likeness (QED) is 0.762. The van der Waals surface area contributed by atoms with E-state index in [1.807, 2.05) is 0 Å². The molecule has 4 heterocycles. The van der Waals surface area contributed by atoms with Crippen LogP contribution in [-0.2, 0) is 18.0 Å². The van der Waals surface area contributed by atoms with Crippen molar-refractivity contribution in [3.05, 3.63) is 53.3 Å². The summed E-state index contributed by atoms with van der Waals surface area (Å²) in [4.78, 5) is 2.79. The number of benzene rings is 1. The van der Waals surface area contributed by atoms with Crippen LogP contribution in [0.5, 0.6) is 0 Å². The molecule has 0 amide bonds. The van der Waals surface area contributed by atoms with E-state index >= 15 is 0 Å². The number of hydrogen-bond acceptors (Lipinski definition) is 1. The average molecular weight is 292 g/mol. The van der Waals surface area contributed by atoms with Gasteiger partial charge in [-0.3, -0.25) is 0 Å². The van der Waals surface area contributed by atoms with Crippen LogP contribution in [0.2, 0.25) is 0 Å². The maximum atomic E-state index is 2.79. The van der Waals surface area contributed by atoms with Gasteiger partial charge in [-0.2, -0.15) is 0 Å². The van der Waals surface area contributed by atoms with E-state index in [0.717, 1.165) is 0 Å². The predicted octanol–water partition coefficient (Wildman–Crippen LogP) is 4.26. The zero-order chi connectivity index (χ0) is 15.1. The molecule has 22 heavy (non-hydrogen) atoms. The Balaban J connectivity index is 1.80. The van der Waals surface area contributed by atoms with E-state index in [9.17, 15) is 0 Å². The summed E-state index contributed by atoms with van der Waals surface area (Å²) in [7, 11) is 2.19. The summed E-state index contributed by atoms with van der Waals surface area (Å²) in [5.74, 6) is 0. The van der Waals surface area contributed by atoms with Gasteiger partial charge >= 0.3 is 0 Å². The summed E-state index contributed by atoms with van der Waals surface area (Å²) in [6, 6.07) is 9.55. The van der Waals surface area contributed by atoms with Crippen molar-refractivity contribution in [3.8, 4) is 0 Å². The first-order valence-corrected chi connectivity index (χ1v) is 8.60. The first-order valence-electron chi connectivity index (χ1n) is 8.60. The molecule has 1 aromatic heterocycles. The first-order chi connectivity index (χ1) is 10.6. The van der Waals surface area contributed by atoms with E-state index in [0.29, 0.717) is 11.5 Å². The molecule has 2 saturated heterocycles. The number of para-hydroxylation sites is 1. The van der Waals surface area contributed by atoms with Crippen molar-refractivity contribution in [1.29, 1.82) is 0 Å². The summed E-state index contributed by atoms with van der Waals surface area (Å²) in [5, 5.41) is 0. The van der Waals surface area contributed by atoms with E-state index in [1.165, 1.54) is 36.9 Å². The normalized spacial score (nSPS) is 35.0. The lowest BCUT2D eigenvalue weighted by molar-refractivity contribution is 0.0565. The van der Waals surface area contributed by atoms with E-state index < -0.39 is 0 Å². The highest BCUT2D eigenvalue weighted by Gasteiger charge is 2.65. The highest BCUT2D eigenvalue weighted by atomic mass is 15.3. The number of hydrogen-bond donors (Lipinski definition) is 0. The molecule has 0 spiro atoms. The van der Waals surface area contributed by atoms with Gasteiger partial charge in [0.05, 0.1) is 5.54 Å². The molecule has 8 rings (SSSR count). The zero-order valence-electron chi connectivity index (χ0n) is 13.8. The monoisotopic (exact) mass is 292 g/mol. The molecule has 1 aromatic carbocycles. The highest BCUT2D eigenvalue weighted by molar-refractivity contribution is 5.65. The Labute approximate surface area is 132 Å². The minimum Gasteiger partial charge on any atom is -0.358 e. The number of anilines is 1. The SMILES string of the molecule is Cc1ccccc1N1C(C)C23CCC1(CC2)c1cn(C)cc13. The van der Waals surface area contributed by atoms with Gasteiger partial charge in [-0.1, -0.05) is 18.2 Å². The van der Waals surface area contributed by atoms with Crippen LogP contribution in [0.25, 0.3) is 0 Å². The standard InChI is InChI=1S/C20H24N2/c1-14-6-4-5-7-18(14)22-15(2)19-8-10-20(22,11-9-19)17-13-21(3)12-16(17)19/h4-7,12-13,15H,8-11H2,1-3H3. The smallest absolute Gasteiger partial charge is 0.0675 e. The Bertz CT molecular complexity index is 762. The number of aromatic nitrogens is 1. The van der Waals surface area contributed by atoms with Crippen LogP contribution in [0.4, 0.5) is 5.69 Å². The van der Waals surface area contributed by atoms with E-state index in [2.05, 4.69) is 67.0 Å². The second kappa shape index (κ2) is 3.79. The fourth-order valence-electron chi connectivity index (χ4n) is 5.90. The Morgan fingerprint density at radius 2 is 1.68 bits per heavy atom. The van der Waals surface area contributed by atoms with Crippen LogP contribution in [0.15, 0.2) is 36.7 Å². The average Bonchev–Trinajstić information content (AvgIpc) is 2.94. The first kappa shape index (κ1) is 12.8. The molecule has 2 heteroatoms. The summed E-state index contributed by atoms with van der Waals surface area (Å²) >= 11 is 0. The molecule has 0 N–H and O–H groups in total. The van der Waals surface area contributed by atoms with Crippen LogP contribution in [-0.4, -0.2) is 10.6 Å². The van der Waals surface area contributed by atoms with Crippen LogP contribution in [0.3, 0.4) is 0 Å². The molecular weight excluding hydrogens is 268 g/mol. The van der Waals surface area contributed by atoms with Gasteiger partial charge in [0.25, 0.3) is 0 Å². The Morgan fingerprint density at radius 1 is 1.00 bits per heavy atom. The maximum absolute atomic E-state index is 2.79. The molecule has 0 radical (unpaired) electrons. The third kappa shape index (κ3) is 1.21. The van der Waals surface area contributed by atoms with Crippen molar-refractivity contribution >= 4 is 5.69 Å². The Hall–Kier alpha value is -1.70. The molecular formula is C20H24N2. The number of nitrogens with zero attached hydrogens (tertiary/aromatic N) is 2. The van der Waals surface area contributed by atoms with Crippen LogP contribution in [0, 0.1) is 6.92 Å². The van der Waals surface area contributed by atoms with Gasteiger partial charge in [-0.15, -0.1) is 0 Å². The lowest BCUT2D eigenvalue weighted by Crippen LogP contribution is -2.71. The number of piperidine rings is 2. The summed E-state index contributed by atoms with van der Waals surface area (Å²) in [5.41, 5.74) is 6.75. The van der Waals surface area contributed by atoms with Crippen molar-refractivity contribution in [2.24, 2.45) is 7.05 Å². The largest absolute Gasteiger partial charge is 0.358 e. The molecule has 2 bridgehead atoms. The van der Waals surface area contributed by atoms with Crippen LogP contribution < -0.4 is 4.90 Å². The lowest BCUT2D eigenvalue weighted by atomic mass is 9.48. The van der Waals surface area contributed by atoms with Crippen molar-refractivity contribution < 1.29 is 0 Å². The topological polar surface area (TPSA) is 8.17 Å². The van der Waals surface area contributed by atoms with Gasteiger partial charge in [0.2, 0.25) is 0 Å². The van der Waals surface area contributed by atoms with Gasteiger partial charge in [-0.05, 0) is 62.3 Å². The molecule has 1 unspecified atom stereocenters. The van der Waals surface area contributed by atoms with Gasteiger partial charge in [0, 0.05) is 36.6 Å². The van der Waals surface area contributed by atoms with E-state index in [-0.39, 0.29) is 5.54 Å². The van der Waals surface area contributed by atoms with Crippen LogP contribution >= 0.6 is 0 Å². The zero-order valence-corrected chi connectivity index (χ0v) is 13.8. The van der Waals surface area contributed by atoms with Gasteiger partial charge in [-0.25, -0.2) is 0 Å². The molecule has 114 valence electrons. The van der Waals surface area contributed by atoms with Gasteiger partial charge in [0.15, 0.2) is 0 Å². The number of rotatable bonds is 1. The third-order valence-corrected chi connectivity index (χ3v) is 6.99. The summed E-state index contributed by atoms with van der Waals surface area (Å²) in [6.45, 7) is 4.73. The summed E-state index contributed by atoms with van der Waals surface area (Å²) in [6.07, 6.45) is 10.2. The minimum atomic E-state index is 0.238. The second-order valence-corrected chi connectivity index (χ2v) is 7.77. The number of aryl methyl sites for hydroxylation is 2. The molecule has 2 aromatic rings. The summed E-state index contributed by atoms with van der Waals surface area (Å²) < 4.78 is 2.29. The van der Waals surface area contributed by atoms with Crippen LogP contribution in [0.1, 0.15) is 49.3 Å². The van der Waals surface area contributed by atoms with E-state index in [4.69, 9.17) is 0 Å². The fourth-order valence-corrected chi connectivity index (χ4v) is 5.90. The second-order valence-electron chi connectivity index (χ2n) is 7.77. The Kier molecular flexibility index (Phi) is 2.21. The van der Waals surface area contributed by atoms with Crippen molar-refractivity contribution in [2.75, 3.05) is 4.90 Å². The molecule has 1 atom stereocenters. The molecule has 2 nitrogen and oxygen atoms in total.